The van der Waals surface area contributed by atoms with Gasteiger partial charge in [-0.25, -0.2) is 0 Å². The first-order valence-corrected chi connectivity index (χ1v) is 5.81. The SMILES string of the molecule is CCOC(=O)CCN(C)Cc1noc(CC)n1. The van der Waals surface area contributed by atoms with Gasteiger partial charge in [0.05, 0.1) is 19.6 Å². The maximum Gasteiger partial charge on any atom is 0.307 e. The second-order valence-corrected chi connectivity index (χ2v) is 3.75. The molecule has 6 heteroatoms. The zero-order valence-electron chi connectivity index (χ0n) is 10.6. The van der Waals surface area contributed by atoms with Gasteiger partial charge in [-0.1, -0.05) is 12.1 Å². The fourth-order valence-corrected chi connectivity index (χ4v) is 1.33. The Bertz CT molecular complexity index is 351. The van der Waals surface area contributed by atoms with Gasteiger partial charge in [-0.2, -0.15) is 4.98 Å². The van der Waals surface area contributed by atoms with Gasteiger partial charge in [-0.15, -0.1) is 0 Å². The largest absolute Gasteiger partial charge is 0.466 e. The zero-order valence-corrected chi connectivity index (χ0v) is 10.6. The molecule has 1 heterocycles. The van der Waals surface area contributed by atoms with Crippen LogP contribution >= 0.6 is 0 Å². The van der Waals surface area contributed by atoms with Crippen molar-refractivity contribution in [1.82, 2.24) is 15.0 Å². The second kappa shape index (κ2) is 7.01. The molecule has 0 saturated carbocycles. The molecule has 1 aromatic heterocycles. The lowest BCUT2D eigenvalue weighted by Crippen LogP contribution is -2.22. The summed E-state index contributed by atoms with van der Waals surface area (Å²) in [6.45, 7) is 5.37. The number of aryl methyl sites for hydroxylation is 1. The van der Waals surface area contributed by atoms with E-state index in [0.717, 1.165) is 6.42 Å². The number of aromatic nitrogens is 2. The standard InChI is InChI=1S/C11H19N3O3/c1-4-10-12-9(13-17-10)8-14(3)7-6-11(15)16-5-2/h4-8H2,1-3H3. The molecule has 0 unspecified atom stereocenters. The number of ether oxygens (including phenoxy) is 1. The molecule has 0 fully saturated rings. The fraction of sp³-hybridized carbons (Fsp3) is 0.727. The van der Waals surface area contributed by atoms with Crippen LogP contribution in [0.4, 0.5) is 0 Å². The average Bonchev–Trinajstić information content (AvgIpc) is 2.74. The highest BCUT2D eigenvalue weighted by Gasteiger charge is 2.09. The van der Waals surface area contributed by atoms with Crippen LogP contribution in [0.3, 0.4) is 0 Å². The van der Waals surface area contributed by atoms with Crippen LogP contribution in [0.1, 0.15) is 32.0 Å². The fourth-order valence-electron chi connectivity index (χ4n) is 1.33. The molecular formula is C11H19N3O3. The van der Waals surface area contributed by atoms with Crippen molar-refractivity contribution < 1.29 is 14.1 Å². The van der Waals surface area contributed by atoms with E-state index in [9.17, 15) is 4.79 Å². The molecule has 0 radical (unpaired) electrons. The quantitative estimate of drug-likeness (QED) is 0.664. The lowest BCUT2D eigenvalue weighted by atomic mass is 10.4. The summed E-state index contributed by atoms with van der Waals surface area (Å²) in [5.74, 6) is 1.11. The summed E-state index contributed by atoms with van der Waals surface area (Å²) in [6, 6.07) is 0. The van der Waals surface area contributed by atoms with Crippen LogP contribution in [0, 0.1) is 0 Å². The summed E-state index contributed by atoms with van der Waals surface area (Å²) in [7, 11) is 1.90. The van der Waals surface area contributed by atoms with Crippen molar-refractivity contribution in [2.75, 3.05) is 20.2 Å². The maximum atomic E-state index is 11.2. The van der Waals surface area contributed by atoms with E-state index in [-0.39, 0.29) is 5.97 Å². The molecule has 0 N–H and O–H groups in total. The molecule has 0 aliphatic heterocycles. The molecule has 6 nitrogen and oxygen atoms in total. The van der Waals surface area contributed by atoms with Crippen LogP contribution in [-0.2, 0) is 22.5 Å². The third-order valence-corrected chi connectivity index (χ3v) is 2.23. The first-order valence-electron chi connectivity index (χ1n) is 5.81. The van der Waals surface area contributed by atoms with Gasteiger partial charge >= 0.3 is 5.97 Å². The third-order valence-electron chi connectivity index (χ3n) is 2.23. The van der Waals surface area contributed by atoms with Crippen LogP contribution in [0.2, 0.25) is 0 Å². The van der Waals surface area contributed by atoms with E-state index in [1.165, 1.54) is 0 Å². The normalized spacial score (nSPS) is 10.8. The molecular weight excluding hydrogens is 222 g/mol. The molecule has 96 valence electrons. The monoisotopic (exact) mass is 241 g/mol. The summed E-state index contributed by atoms with van der Waals surface area (Å²) in [4.78, 5) is 17.3. The predicted octanol–water partition coefficient (Wildman–Crippen LogP) is 1.02. The van der Waals surface area contributed by atoms with Crippen molar-refractivity contribution in [3.05, 3.63) is 11.7 Å². The van der Waals surface area contributed by atoms with Crippen LogP contribution in [0.5, 0.6) is 0 Å². The second-order valence-electron chi connectivity index (χ2n) is 3.75. The average molecular weight is 241 g/mol. The van der Waals surface area contributed by atoms with E-state index >= 15 is 0 Å². The molecule has 0 aliphatic carbocycles. The number of carbonyl (C=O) groups is 1. The number of carbonyl (C=O) groups excluding carboxylic acids is 1. The topological polar surface area (TPSA) is 68.5 Å². The predicted molar refractivity (Wildman–Crippen MR) is 61.3 cm³/mol. The van der Waals surface area contributed by atoms with E-state index < -0.39 is 0 Å². The van der Waals surface area contributed by atoms with E-state index in [1.807, 2.05) is 18.9 Å². The van der Waals surface area contributed by atoms with Gasteiger partial charge in [0, 0.05) is 13.0 Å². The Morgan fingerprint density at radius 3 is 2.82 bits per heavy atom. The first kappa shape index (κ1) is 13.6. The Labute approximate surface area is 101 Å². The summed E-state index contributed by atoms with van der Waals surface area (Å²) in [5, 5.41) is 3.85. The molecule has 1 aromatic rings. The van der Waals surface area contributed by atoms with Gasteiger partial charge in [0.25, 0.3) is 0 Å². The minimum atomic E-state index is -0.179. The molecule has 0 aromatic carbocycles. The van der Waals surface area contributed by atoms with Crippen LogP contribution in [0.15, 0.2) is 4.52 Å². The molecule has 0 atom stereocenters. The van der Waals surface area contributed by atoms with Crippen molar-refractivity contribution in [3.8, 4) is 0 Å². The maximum absolute atomic E-state index is 11.2. The van der Waals surface area contributed by atoms with Crippen molar-refractivity contribution >= 4 is 5.97 Å². The molecule has 0 bridgehead atoms. The van der Waals surface area contributed by atoms with E-state index in [4.69, 9.17) is 9.26 Å². The summed E-state index contributed by atoms with van der Waals surface area (Å²) in [6.07, 6.45) is 1.11. The molecule has 0 aliphatic rings. The lowest BCUT2D eigenvalue weighted by Gasteiger charge is -2.13. The van der Waals surface area contributed by atoms with Gasteiger partial charge in [0.1, 0.15) is 0 Å². The van der Waals surface area contributed by atoms with E-state index in [2.05, 4.69) is 10.1 Å². The van der Waals surface area contributed by atoms with Crippen molar-refractivity contribution in [3.63, 3.8) is 0 Å². The van der Waals surface area contributed by atoms with Gasteiger partial charge in [0.15, 0.2) is 5.82 Å². The minimum Gasteiger partial charge on any atom is -0.466 e. The van der Waals surface area contributed by atoms with E-state index in [0.29, 0.717) is 37.8 Å². The van der Waals surface area contributed by atoms with Crippen molar-refractivity contribution in [2.24, 2.45) is 0 Å². The smallest absolute Gasteiger partial charge is 0.307 e. The number of nitrogens with zero attached hydrogens (tertiary/aromatic N) is 3. The molecule has 0 spiro atoms. The van der Waals surface area contributed by atoms with Gasteiger partial charge in [-0.05, 0) is 14.0 Å². The van der Waals surface area contributed by atoms with Crippen molar-refractivity contribution in [2.45, 2.75) is 33.2 Å². The summed E-state index contributed by atoms with van der Waals surface area (Å²) in [5.41, 5.74) is 0. The highest BCUT2D eigenvalue weighted by molar-refractivity contribution is 5.69. The highest BCUT2D eigenvalue weighted by atomic mass is 16.5. The van der Waals surface area contributed by atoms with Crippen LogP contribution < -0.4 is 0 Å². The Kier molecular flexibility index (Phi) is 5.62. The Morgan fingerprint density at radius 1 is 1.47 bits per heavy atom. The van der Waals surface area contributed by atoms with Crippen LogP contribution in [-0.4, -0.2) is 41.2 Å². The van der Waals surface area contributed by atoms with Gasteiger partial charge in [0.2, 0.25) is 5.89 Å². The molecule has 1 rings (SSSR count). The van der Waals surface area contributed by atoms with Crippen LogP contribution in [0.25, 0.3) is 0 Å². The number of esters is 1. The lowest BCUT2D eigenvalue weighted by molar-refractivity contribution is -0.143. The first-order chi connectivity index (χ1) is 8.15. The van der Waals surface area contributed by atoms with Gasteiger partial charge in [-0.3, -0.25) is 9.69 Å². The Morgan fingerprint density at radius 2 is 2.24 bits per heavy atom. The Hall–Kier alpha value is -1.43. The summed E-state index contributed by atoms with van der Waals surface area (Å²) >= 11 is 0. The number of hydrogen-bond donors (Lipinski definition) is 0. The zero-order chi connectivity index (χ0) is 12.7. The number of rotatable bonds is 7. The molecule has 0 amide bonds. The Balaban J connectivity index is 2.29. The molecule has 17 heavy (non-hydrogen) atoms. The van der Waals surface area contributed by atoms with Gasteiger partial charge < -0.3 is 9.26 Å². The van der Waals surface area contributed by atoms with Crippen molar-refractivity contribution in [1.29, 1.82) is 0 Å². The molecule has 0 saturated heterocycles. The van der Waals surface area contributed by atoms with E-state index in [1.54, 1.807) is 6.92 Å². The minimum absolute atomic E-state index is 0.179. The summed E-state index contributed by atoms with van der Waals surface area (Å²) < 4.78 is 9.85. The third kappa shape index (κ3) is 4.95. The highest BCUT2D eigenvalue weighted by Crippen LogP contribution is 2.01. The number of hydrogen-bond acceptors (Lipinski definition) is 6.